The van der Waals surface area contributed by atoms with Crippen LogP contribution in [0.2, 0.25) is 5.02 Å². The van der Waals surface area contributed by atoms with E-state index in [1.165, 1.54) is 18.6 Å². The van der Waals surface area contributed by atoms with Gasteiger partial charge in [-0.1, -0.05) is 23.7 Å². The van der Waals surface area contributed by atoms with Crippen molar-refractivity contribution in [1.82, 2.24) is 40.0 Å². The van der Waals surface area contributed by atoms with Crippen LogP contribution in [-0.4, -0.2) is 53.3 Å². The van der Waals surface area contributed by atoms with Crippen LogP contribution in [0.4, 0.5) is 4.39 Å². The number of hydrogen-bond acceptors (Lipinski definition) is 7. The molecule has 0 aliphatic heterocycles. The number of benzene rings is 1. The van der Waals surface area contributed by atoms with E-state index in [0.29, 0.717) is 52.0 Å². The Morgan fingerprint density at radius 2 is 2.08 bits per heavy atom. The van der Waals surface area contributed by atoms with Gasteiger partial charge in [-0.25, -0.2) is 19.3 Å². The lowest BCUT2D eigenvalue weighted by atomic mass is 9.90. The minimum atomic E-state index is -0.361. The maximum Gasteiger partial charge on any atom is 0.257 e. The van der Waals surface area contributed by atoms with Gasteiger partial charge in [0.05, 0.1) is 28.9 Å². The predicted molar refractivity (Wildman–Crippen MR) is 147 cm³/mol. The van der Waals surface area contributed by atoms with Crippen LogP contribution in [0, 0.1) is 5.82 Å². The molecule has 1 aromatic carbocycles. The quantitative estimate of drug-likeness (QED) is 0.274. The van der Waals surface area contributed by atoms with Crippen molar-refractivity contribution in [2.24, 2.45) is 0 Å². The molecule has 6 rings (SSSR count). The molecule has 10 nitrogen and oxygen atoms in total. The zero-order chi connectivity index (χ0) is 27.6. The van der Waals surface area contributed by atoms with Crippen LogP contribution in [0.3, 0.4) is 0 Å². The second kappa shape index (κ2) is 11.0. The number of hydrogen-bond donors (Lipinski definition) is 2. The lowest BCUT2D eigenvalue weighted by molar-refractivity contribution is 0.0916. The average Bonchev–Trinajstić information content (AvgIpc) is 3.63. The van der Waals surface area contributed by atoms with Crippen molar-refractivity contribution in [3.63, 3.8) is 0 Å². The molecule has 0 spiro atoms. The van der Waals surface area contributed by atoms with Gasteiger partial charge in [0.2, 0.25) is 5.88 Å². The fourth-order valence-corrected chi connectivity index (χ4v) is 5.45. The van der Waals surface area contributed by atoms with Crippen molar-refractivity contribution in [3.8, 4) is 28.8 Å². The number of H-pyrrole nitrogens is 1. The second-order valence-corrected chi connectivity index (χ2v) is 10.0. The molecule has 1 amide bonds. The normalized spacial score (nSPS) is 17.2. The van der Waals surface area contributed by atoms with Crippen LogP contribution in [0.1, 0.15) is 49.0 Å². The highest BCUT2D eigenvalue weighted by atomic mass is 35.5. The molecule has 4 heterocycles. The molecule has 40 heavy (non-hydrogen) atoms. The van der Waals surface area contributed by atoms with Gasteiger partial charge >= 0.3 is 0 Å². The molecule has 0 radical (unpaired) electrons. The van der Waals surface area contributed by atoms with E-state index in [0.717, 1.165) is 24.8 Å². The first kappa shape index (κ1) is 25.9. The monoisotopic (exact) mass is 560 g/mol. The van der Waals surface area contributed by atoms with E-state index in [1.807, 2.05) is 13.0 Å². The highest BCUT2D eigenvalue weighted by Gasteiger charge is 2.30. The van der Waals surface area contributed by atoms with Crippen LogP contribution in [-0.2, 0) is 0 Å². The van der Waals surface area contributed by atoms with Crippen LogP contribution in [0.25, 0.3) is 33.9 Å². The number of aromatic amines is 1. The molecule has 4 aromatic heterocycles. The van der Waals surface area contributed by atoms with Crippen molar-refractivity contribution in [2.45, 2.75) is 44.7 Å². The summed E-state index contributed by atoms with van der Waals surface area (Å²) in [5.74, 6) is 0.618. The average molecular weight is 561 g/mol. The number of nitrogens with zero attached hydrogens (tertiary/aromatic N) is 6. The Labute approximate surface area is 234 Å². The molecule has 1 fully saturated rings. The van der Waals surface area contributed by atoms with E-state index >= 15 is 4.39 Å². The molecule has 204 valence electrons. The zero-order valence-corrected chi connectivity index (χ0v) is 22.4. The van der Waals surface area contributed by atoms with Crippen molar-refractivity contribution in [1.29, 1.82) is 0 Å². The molecule has 2 N–H and O–H groups in total. The number of rotatable bonds is 7. The van der Waals surface area contributed by atoms with Crippen molar-refractivity contribution >= 4 is 28.5 Å². The van der Waals surface area contributed by atoms with E-state index in [-0.39, 0.29) is 29.7 Å². The van der Waals surface area contributed by atoms with Gasteiger partial charge in [0, 0.05) is 18.3 Å². The highest BCUT2D eigenvalue weighted by Crippen LogP contribution is 2.37. The molecular formula is C28H26ClFN8O2. The smallest absolute Gasteiger partial charge is 0.257 e. The Morgan fingerprint density at radius 1 is 1.20 bits per heavy atom. The Morgan fingerprint density at radius 3 is 2.88 bits per heavy atom. The largest absolute Gasteiger partial charge is 0.477 e. The predicted octanol–water partition coefficient (Wildman–Crippen LogP) is 5.38. The van der Waals surface area contributed by atoms with Crippen LogP contribution in [0.5, 0.6) is 5.88 Å². The third-order valence-corrected chi connectivity index (χ3v) is 7.25. The van der Waals surface area contributed by atoms with E-state index in [9.17, 15) is 4.79 Å². The first-order valence-corrected chi connectivity index (χ1v) is 13.5. The van der Waals surface area contributed by atoms with E-state index < -0.39 is 0 Å². The Bertz CT molecular complexity index is 1670. The van der Waals surface area contributed by atoms with Gasteiger partial charge in [-0.3, -0.25) is 14.9 Å². The molecule has 12 heteroatoms. The molecule has 2 atom stereocenters. The third-order valence-electron chi connectivity index (χ3n) is 7.04. The number of halogens is 2. The van der Waals surface area contributed by atoms with Crippen LogP contribution >= 0.6 is 11.6 Å². The fourth-order valence-electron chi connectivity index (χ4n) is 5.29. The minimum Gasteiger partial charge on any atom is -0.477 e. The summed E-state index contributed by atoms with van der Waals surface area (Å²) in [5.41, 5.74) is 2.73. The number of aromatic nitrogens is 7. The number of pyridine rings is 2. The number of nitrogens with one attached hydrogen (secondary N) is 2. The first-order valence-electron chi connectivity index (χ1n) is 13.1. The summed E-state index contributed by atoms with van der Waals surface area (Å²) < 4.78 is 22.7. The lowest BCUT2D eigenvalue weighted by Gasteiger charge is -2.32. The molecule has 0 unspecified atom stereocenters. The van der Waals surface area contributed by atoms with E-state index in [1.54, 1.807) is 30.5 Å². The van der Waals surface area contributed by atoms with Crippen LogP contribution < -0.4 is 10.1 Å². The van der Waals surface area contributed by atoms with Gasteiger partial charge in [-0.2, -0.15) is 5.10 Å². The summed E-state index contributed by atoms with van der Waals surface area (Å²) in [7, 11) is 0. The molecule has 1 saturated carbocycles. The maximum absolute atomic E-state index is 15.0. The third kappa shape index (κ3) is 5.00. The van der Waals surface area contributed by atoms with Gasteiger partial charge in [-0.05, 0) is 56.9 Å². The van der Waals surface area contributed by atoms with Crippen molar-refractivity contribution in [3.05, 3.63) is 71.5 Å². The summed E-state index contributed by atoms with van der Waals surface area (Å²) >= 11 is 6.13. The molecule has 0 saturated heterocycles. The van der Waals surface area contributed by atoms with E-state index in [2.05, 4.69) is 35.0 Å². The number of carbonyl (C=O) groups is 1. The van der Waals surface area contributed by atoms with Gasteiger partial charge < -0.3 is 14.6 Å². The molecule has 1 aliphatic rings. The second-order valence-electron chi connectivity index (χ2n) is 9.61. The zero-order valence-electron chi connectivity index (χ0n) is 21.6. The van der Waals surface area contributed by atoms with Crippen molar-refractivity contribution in [2.75, 3.05) is 6.61 Å². The topological polar surface area (TPSA) is 124 Å². The Kier molecular flexibility index (Phi) is 7.12. The summed E-state index contributed by atoms with van der Waals surface area (Å²) in [6.45, 7) is 2.20. The minimum absolute atomic E-state index is 0.0625. The summed E-state index contributed by atoms with van der Waals surface area (Å²) in [4.78, 5) is 31.0. The number of amides is 1. The maximum atomic E-state index is 15.0. The molecular weight excluding hydrogens is 535 g/mol. The standard InChI is InChI=1S/C28H26ClFN8O2/c1-2-40-28-20(10-16(29)13-32-28)27(39)35-17-6-5-7-18(11-17)38-24-12-22(25-33-15-34-37-25)31-14-23(24)36-26(38)19-8-3-4-9-21(19)30/h3-4,8-10,12-15,17-18H,2,5-7,11H2,1H3,(H,35,39)(H,33,34,37)/t17-,18+/m0/s1. The molecule has 1 aliphatic carbocycles. The van der Waals surface area contributed by atoms with Crippen molar-refractivity contribution < 1.29 is 13.9 Å². The van der Waals surface area contributed by atoms with Gasteiger partial charge in [-0.15, -0.1) is 0 Å². The molecule has 5 aromatic rings. The van der Waals surface area contributed by atoms with Gasteiger partial charge in [0.1, 0.15) is 34.7 Å². The lowest BCUT2D eigenvalue weighted by Crippen LogP contribution is -2.39. The van der Waals surface area contributed by atoms with Gasteiger partial charge in [0.15, 0.2) is 5.82 Å². The van der Waals surface area contributed by atoms with E-state index in [4.69, 9.17) is 21.3 Å². The first-order chi connectivity index (χ1) is 19.5. The fraction of sp³-hybridized carbons (Fsp3) is 0.286. The summed E-state index contributed by atoms with van der Waals surface area (Å²) in [5, 5.41) is 10.3. The Hall–Kier alpha value is -4.38. The SMILES string of the molecule is CCOc1ncc(Cl)cc1C(=O)N[C@H]1CCC[C@@H](n2c(-c3ccccc3F)nc3cnc(-c4ncn[nH]4)cc32)C1. The Balaban J connectivity index is 1.36. The molecule has 0 bridgehead atoms. The number of fused-ring (bicyclic) bond motifs is 1. The van der Waals surface area contributed by atoms with Crippen LogP contribution in [0.15, 0.2) is 55.1 Å². The summed E-state index contributed by atoms with van der Waals surface area (Å²) in [6, 6.07) is 9.85. The highest BCUT2D eigenvalue weighted by molar-refractivity contribution is 6.30. The van der Waals surface area contributed by atoms with Gasteiger partial charge in [0.25, 0.3) is 5.91 Å². The number of ether oxygens (including phenoxy) is 1. The number of imidazole rings is 1. The summed E-state index contributed by atoms with van der Waals surface area (Å²) in [6.07, 6.45) is 7.65. The number of carbonyl (C=O) groups excluding carboxylic acids is 1.